The molecule has 0 aromatic heterocycles. The van der Waals surface area contributed by atoms with Gasteiger partial charge in [0.25, 0.3) is 5.91 Å². The van der Waals surface area contributed by atoms with Crippen molar-refractivity contribution in [2.24, 2.45) is 0 Å². The number of carbonyl (C=O) groups excluding carboxylic acids is 1. The van der Waals surface area contributed by atoms with Crippen LogP contribution in [0.15, 0.2) is 48.5 Å². The number of methoxy groups -OCH3 is 1. The first-order chi connectivity index (χ1) is 13.7. The molecule has 1 saturated heterocycles. The van der Waals surface area contributed by atoms with E-state index < -0.39 is 6.10 Å². The smallest absolute Gasteiger partial charge is 0.261 e. The molecule has 1 aliphatic heterocycles. The predicted octanol–water partition coefficient (Wildman–Crippen LogP) is 4.16. The van der Waals surface area contributed by atoms with Gasteiger partial charge in [-0.05, 0) is 55.5 Å². The molecule has 0 spiro atoms. The second kappa shape index (κ2) is 10.0. The molecule has 1 N–H and O–H groups in total. The van der Waals surface area contributed by atoms with Crippen LogP contribution in [0.4, 0.5) is 5.69 Å². The molecule has 0 saturated carbocycles. The normalized spacial score (nSPS) is 15.0. The molecule has 1 fully saturated rings. The van der Waals surface area contributed by atoms with Crippen molar-refractivity contribution in [3.8, 4) is 11.5 Å². The zero-order valence-electron chi connectivity index (χ0n) is 16.8. The number of benzene rings is 2. The van der Waals surface area contributed by atoms with Crippen LogP contribution in [-0.4, -0.2) is 32.2 Å². The molecule has 0 aliphatic carbocycles. The standard InChI is InChI=1S/C23H30N2O3/c1-3-22(28-21-9-7-8-20(16-21)27-2)23(26)24-17-18-10-12-19(13-11-18)25-14-5-4-6-15-25/h7-13,16,22H,3-6,14-15,17H2,1-2H3,(H,24,26). The second-order valence-electron chi connectivity index (χ2n) is 7.13. The summed E-state index contributed by atoms with van der Waals surface area (Å²) in [4.78, 5) is 15.0. The molecule has 1 aliphatic rings. The molecule has 5 heteroatoms. The van der Waals surface area contributed by atoms with Crippen LogP contribution in [-0.2, 0) is 11.3 Å². The van der Waals surface area contributed by atoms with Gasteiger partial charge in [0.15, 0.2) is 6.10 Å². The van der Waals surface area contributed by atoms with E-state index in [1.165, 1.54) is 24.9 Å². The number of nitrogens with zero attached hydrogens (tertiary/aromatic N) is 1. The van der Waals surface area contributed by atoms with Crippen LogP contribution in [0.5, 0.6) is 11.5 Å². The first-order valence-corrected chi connectivity index (χ1v) is 10.1. The van der Waals surface area contributed by atoms with E-state index in [-0.39, 0.29) is 5.91 Å². The van der Waals surface area contributed by atoms with E-state index in [1.807, 2.05) is 25.1 Å². The third kappa shape index (κ3) is 5.41. The second-order valence-corrected chi connectivity index (χ2v) is 7.13. The number of piperidine rings is 1. The van der Waals surface area contributed by atoms with Crippen molar-refractivity contribution < 1.29 is 14.3 Å². The molecule has 5 nitrogen and oxygen atoms in total. The summed E-state index contributed by atoms with van der Waals surface area (Å²) in [5, 5.41) is 2.99. The SMILES string of the molecule is CCC(Oc1cccc(OC)c1)C(=O)NCc1ccc(N2CCCCC2)cc1. The summed E-state index contributed by atoms with van der Waals surface area (Å²) in [5.74, 6) is 1.24. The number of carbonyl (C=O) groups is 1. The van der Waals surface area contributed by atoms with Crippen LogP contribution < -0.4 is 19.7 Å². The highest BCUT2D eigenvalue weighted by Gasteiger charge is 2.18. The van der Waals surface area contributed by atoms with Crippen molar-refractivity contribution in [3.05, 3.63) is 54.1 Å². The zero-order valence-corrected chi connectivity index (χ0v) is 16.8. The van der Waals surface area contributed by atoms with E-state index in [9.17, 15) is 4.79 Å². The Labute approximate surface area is 167 Å². The summed E-state index contributed by atoms with van der Waals surface area (Å²) in [6.45, 7) is 4.71. The van der Waals surface area contributed by atoms with Gasteiger partial charge in [-0.1, -0.05) is 25.1 Å². The highest BCUT2D eigenvalue weighted by molar-refractivity contribution is 5.81. The molecule has 0 radical (unpaired) electrons. The number of hydrogen-bond acceptors (Lipinski definition) is 4. The van der Waals surface area contributed by atoms with Crippen molar-refractivity contribution in [3.63, 3.8) is 0 Å². The van der Waals surface area contributed by atoms with Crippen LogP contribution in [0.2, 0.25) is 0 Å². The maximum Gasteiger partial charge on any atom is 0.261 e. The van der Waals surface area contributed by atoms with E-state index in [0.29, 0.717) is 24.5 Å². The van der Waals surface area contributed by atoms with Gasteiger partial charge in [0, 0.05) is 31.4 Å². The number of nitrogens with one attached hydrogen (secondary N) is 1. The maximum absolute atomic E-state index is 12.5. The minimum atomic E-state index is -0.528. The fraction of sp³-hybridized carbons (Fsp3) is 0.435. The first kappa shape index (κ1) is 20.1. The minimum absolute atomic E-state index is 0.106. The molecule has 1 atom stereocenters. The summed E-state index contributed by atoms with van der Waals surface area (Å²) in [6.07, 6.45) is 3.93. The van der Waals surface area contributed by atoms with Gasteiger partial charge >= 0.3 is 0 Å². The Morgan fingerprint density at radius 1 is 1.07 bits per heavy atom. The van der Waals surface area contributed by atoms with Gasteiger partial charge in [-0.25, -0.2) is 0 Å². The molecule has 2 aromatic carbocycles. The van der Waals surface area contributed by atoms with E-state index in [0.717, 1.165) is 18.7 Å². The van der Waals surface area contributed by atoms with E-state index >= 15 is 0 Å². The Morgan fingerprint density at radius 3 is 2.46 bits per heavy atom. The minimum Gasteiger partial charge on any atom is -0.497 e. The fourth-order valence-electron chi connectivity index (χ4n) is 3.44. The topological polar surface area (TPSA) is 50.8 Å². The van der Waals surface area contributed by atoms with Crippen molar-refractivity contribution in [2.75, 3.05) is 25.1 Å². The lowest BCUT2D eigenvalue weighted by Gasteiger charge is -2.28. The summed E-state index contributed by atoms with van der Waals surface area (Å²) in [6, 6.07) is 15.8. The van der Waals surface area contributed by atoms with Gasteiger partial charge in [-0.2, -0.15) is 0 Å². The average Bonchev–Trinajstić information content (AvgIpc) is 2.77. The molecule has 0 bridgehead atoms. The van der Waals surface area contributed by atoms with Gasteiger partial charge in [-0.3, -0.25) is 4.79 Å². The lowest BCUT2D eigenvalue weighted by molar-refractivity contribution is -0.128. The monoisotopic (exact) mass is 382 g/mol. The van der Waals surface area contributed by atoms with Gasteiger partial charge in [0.1, 0.15) is 11.5 Å². The summed E-state index contributed by atoms with van der Waals surface area (Å²) in [5.41, 5.74) is 2.35. The Bertz CT molecular complexity index is 755. The Hall–Kier alpha value is -2.69. The largest absolute Gasteiger partial charge is 0.497 e. The predicted molar refractivity (Wildman–Crippen MR) is 112 cm³/mol. The molecule has 2 aromatic rings. The lowest BCUT2D eigenvalue weighted by Crippen LogP contribution is -2.37. The Balaban J connectivity index is 1.52. The number of anilines is 1. The van der Waals surface area contributed by atoms with E-state index in [4.69, 9.17) is 9.47 Å². The molecular formula is C23H30N2O3. The number of rotatable bonds is 8. The summed E-state index contributed by atoms with van der Waals surface area (Å²) in [7, 11) is 1.61. The van der Waals surface area contributed by atoms with Gasteiger partial charge < -0.3 is 19.7 Å². The van der Waals surface area contributed by atoms with Crippen LogP contribution >= 0.6 is 0 Å². The molecule has 1 amide bonds. The molecule has 150 valence electrons. The van der Waals surface area contributed by atoms with E-state index in [1.54, 1.807) is 13.2 Å². The summed E-state index contributed by atoms with van der Waals surface area (Å²) >= 11 is 0. The fourth-order valence-corrected chi connectivity index (χ4v) is 3.44. The van der Waals surface area contributed by atoms with Crippen LogP contribution in [0.25, 0.3) is 0 Å². The van der Waals surface area contributed by atoms with Gasteiger partial charge in [0.2, 0.25) is 0 Å². The van der Waals surface area contributed by atoms with Crippen molar-refractivity contribution >= 4 is 11.6 Å². The molecule has 1 heterocycles. The molecular weight excluding hydrogens is 352 g/mol. The average molecular weight is 383 g/mol. The third-order valence-corrected chi connectivity index (χ3v) is 5.11. The quantitative estimate of drug-likeness (QED) is 0.745. The van der Waals surface area contributed by atoms with Crippen molar-refractivity contribution in [2.45, 2.75) is 45.3 Å². The zero-order chi connectivity index (χ0) is 19.8. The van der Waals surface area contributed by atoms with Crippen molar-refractivity contribution in [1.29, 1.82) is 0 Å². The van der Waals surface area contributed by atoms with Crippen LogP contribution in [0.3, 0.4) is 0 Å². The number of ether oxygens (including phenoxy) is 2. The molecule has 3 rings (SSSR count). The Morgan fingerprint density at radius 2 is 1.79 bits per heavy atom. The van der Waals surface area contributed by atoms with Crippen molar-refractivity contribution in [1.82, 2.24) is 5.32 Å². The maximum atomic E-state index is 12.5. The number of hydrogen-bond donors (Lipinski definition) is 1. The highest BCUT2D eigenvalue weighted by Crippen LogP contribution is 2.22. The lowest BCUT2D eigenvalue weighted by atomic mass is 10.1. The summed E-state index contributed by atoms with van der Waals surface area (Å²) < 4.78 is 11.1. The first-order valence-electron chi connectivity index (χ1n) is 10.1. The van der Waals surface area contributed by atoms with Gasteiger partial charge in [0.05, 0.1) is 7.11 Å². The molecule has 1 unspecified atom stereocenters. The number of amides is 1. The van der Waals surface area contributed by atoms with Crippen LogP contribution in [0, 0.1) is 0 Å². The Kier molecular flexibility index (Phi) is 7.18. The van der Waals surface area contributed by atoms with Crippen LogP contribution in [0.1, 0.15) is 38.2 Å². The van der Waals surface area contributed by atoms with E-state index in [2.05, 4.69) is 34.5 Å². The molecule has 28 heavy (non-hydrogen) atoms. The van der Waals surface area contributed by atoms with Gasteiger partial charge in [-0.15, -0.1) is 0 Å². The highest BCUT2D eigenvalue weighted by atomic mass is 16.5. The third-order valence-electron chi connectivity index (χ3n) is 5.11.